The summed E-state index contributed by atoms with van der Waals surface area (Å²) in [4.78, 5) is 2.24. The van der Waals surface area contributed by atoms with E-state index in [1.165, 1.54) is 0 Å². The molecule has 0 aliphatic carbocycles. The van der Waals surface area contributed by atoms with Crippen molar-refractivity contribution >= 4 is 17.4 Å². The molecular weight excluding hydrogens is 238 g/mol. The van der Waals surface area contributed by atoms with Crippen LogP contribution in [-0.2, 0) is 0 Å². The lowest BCUT2D eigenvalue weighted by Crippen LogP contribution is -2.40. The fraction of sp³-hybridized carbons (Fsp3) is 0.667. The van der Waals surface area contributed by atoms with Crippen LogP contribution in [0.25, 0.3) is 0 Å². The molecule has 1 N–H and O–H groups in total. The predicted octanol–water partition coefficient (Wildman–Crippen LogP) is 1.97. The number of anilines is 1. The standard InChI is InChI=1S/C12H18ClN3O/c1-9-8-16(6-4-10(9)5-7-17)12-3-2-11(13)14-15-12/h2-3,9-10,17H,4-8H2,1H3/t9-,10-/m1/s1. The summed E-state index contributed by atoms with van der Waals surface area (Å²) in [7, 11) is 0. The molecule has 0 aromatic carbocycles. The summed E-state index contributed by atoms with van der Waals surface area (Å²) >= 11 is 5.72. The van der Waals surface area contributed by atoms with Crippen molar-refractivity contribution in [2.45, 2.75) is 19.8 Å². The van der Waals surface area contributed by atoms with Crippen LogP contribution in [-0.4, -0.2) is 35.0 Å². The normalized spacial score (nSPS) is 25.0. The maximum absolute atomic E-state index is 9.00. The van der Waals surface area contributed by atoms with Crippen LogP contribution in [0.3, 0.4) is 0 Å². The van der Waals surface area contributed by atoms with Crippen molar-refractivity contribution in [3.05, 3.63) is 17.3 Å². The second kappa shape index (κ2) is 5.65. The van der Waals surface area contributed by atoms with Crippen LogP contribution in [0.1, 0.15) is 19.8 Å². The molecule has 2 rings (SSSR count). The van der Waals surface area contributed by atoms with Crippen LogP contribution in [0.4, 0.5) is 5.82 Å². The Bertz CT molecular complexity index is 357. The van der Waals surface area contributed by atoms with Crippen LogP contribution in [0.15, 0.2) is 12.1 Å². The molecule has 2 heterocycles. The highest BCUT2D eigenvalue weighted by atomic mass is 35.5. The van der Waals surface area contributed by atoms with Gasteiger partial charge >= 0.3 is 0 Å². The topological polar surface area (TPSA) is 49.2 Å². The van der Waals surface area contributed by atoms with Crippen molar-refractivity contribution in [1.82, 2.24) is 10.2 Å². The summed E-state index contributed by atoms with van der Waals surface area (Å²) in [5.41, 5.74) is 0. The van der Waals surface area contributed by atoms with Gasteiger partial charge in [-0.05, 0) is 36.8 Å². The minimum Gasteiger partial charge on any atom is -0.396 e. The van der Waals surface area contributed by atoms with Gasteiger partial charge < -0.3 is 10.0 Å². The summed E-state index contributed by atoms with van der Waals surface area (Å²) < 4.78 is 0. The number of aliphatic hydroxyl groups excluding tert-OH is 1. The molecule has 4 nitrogen and oxygen atoms in total. The van der Waals surface area contributed by atoms with Gasteiger partial charge in [0.05, 0.1) is 0 Å². The van der Waals surface area contributed by atoms with Crippen molar-refractivity contribution in [1.29, 1.82) is 0 Å². The number of piperidine rings is 1. The van der Waals surface area contributed by atoms with Gasteiger partial charge in [-0.3, -0.25) is 0 Å². The maximum Gasteiger partial charge on any atom is 0.151 e. The second-order valence-corrected chi connectivity index (χ2v) is 5.09. The van der Waals surface area contributed by atoms with E-state index in [0.717, 1.165) is 31.7 Å². The smallest absolute Gasteiger partial charge is 0.151 e. The Morgan fingerprint density at radius 3 is 2.88 bits per heavy atom. The third-order valence-electron chi connectivity index (χ3n) is 3.52. The fourth-order valence-electron chi connectivity index (χ4n) is 2.47. The maximum atomic E-state index is 9.00. The van der Waals surface area contributed by atoms with Gasteiger partial charge in [-0.15, -0.1) is 10.2 Å². The largest absolute Gasteiger partial charge is 0.396 e. The van der Waals surface area contributed by atoms with E-state index in [9.17, 15) is 0 Å². The molecule has 1 saturated heterocycles. The van der Waals surface area contributed by atoms with Gasteiger partial charge in [0.15, 0.2) is 11.0 Å². The van der Waals surface area contributed by atoms with Crippen LogP contribution >= 0.6 is 11.6 Å². The van der Waals surface area contributed by atoms with E-state index in [1.54, 1.807) is 6.07 Å². The summed E-state index contributed by atoms with van der Waals surface area (Å²) in [5.74, 6) is 2.09. The number of nitrogens with zero attached hydrogens (tertiary/aromatic N) is 3. The van der Waals surface area contributed by atoms with E-state index >= 15 is 0 Å². The Balaban J connectivity index is 1.99. The van der Waals surface area contributed by atoms with Crippen molar-refractivity contribution in [2.75, 3.05) is 24.6 Å². The fourth-order valence-corrected chi connectivity index (χ4v) is 2.58. The summed E-state index contributed by atoms with van der Waals surface area (Å²) in [6.45, 7) is 4.47. The highest BCUT2D eigenvalue weighted by Gasteiger charge is 2.26. The molecule has 1 aromatic heterocycles. The number of hydrogen-bond acceptors (Lipinski definition) is 4. The lowest BCUT2D eigenvalue weighted by Gasteiger charge is -2.37. The zero-order chi connectivity index (χ0) is 12.3. The molecular formula is C12H18ClN3O. The van der Waals surface area contributed by atoms with Crippen LogP contribution in [0.2, 0.25) is 5.15 Å². The molecule has 1 aliphatic heterocycles. The average Bonchev–Trinajstić information content (AvgIpc) is 2.33. The molecule has 0 spiro atoms. The van der Waals surface area contributed by atoms with Crippen molar-refractivity contribution in [3.8, 4) is 0 Å². The monoisotopic (exact) mass is 255 g/mol. The number of aromatic nitrogens is 2. The van der Waals surface area contributed by atoms with Gasteiger partial charge in [-0.2, -0.15) is 0 Å². The summed E-state index contributed by atoms with van der Waals surface area (Å²) in [6.07, 6.45) is 2.01. The molecule has 2 atom stereocenters. The minimum absolute atomic E-state index is 0.287. The van der Waals surface area contributed by atoms with Crippen molar-refractivity contribution in [2.24, 2.45) is 11.8 Å². The number of halogens is 1. The Morgan fingerprint density at radius 1 is 1.47 bits per heavy atom. The molecule has 5 heteroatoms. The van der Waals surface area contributed by atoms with Crippen LogP contribution in [0, 0.1) is 11.8 Å². The third-order valence-corrected chi connectivity index (χ3v) is 3.73. The predicted molar refractivity (Wildman–Crippen MR) is 68.2 cm³/mol. The van der Waals surface area contributed by atoms with Gasteiger partial charge in [0, 0.05) is 19.7 Å². The molecule has 17 heavy (non-hydrogen) atoms. The highest BCUT2D eigenvalue weighted by molar-refractivity contribution is 6.29. The van der Waals surface area contributed by atoms with Gasteiger partial charge in [0.2, 0.25) is 0 Å². The number of rotatable bonds is 3. The highest BCUT2D eigenvalue weighted by Crippen LogP contribution is 2.28. The van der Waals surface area contributed by atoms with Crippen molar-refractivity contribution in [3.63, 3.8) is 0 Å². The Kier molecular flexibility index (Phi) is 4.18. The first-order valence-electron chi connectivity index (χ1n) is 6.05. The van der Waals surface area contributed by atoms with E-state index in [-0.39, 0.29) is 6.61 Å². The van der Waals surface area contributed by atoms with E-state index in [0.29, 0.717) is 17.0 Å². The van der Waals surface area contributed by atoms with E-state index in [2.05, 4.69) is 22.0 Å². The first-order chi connectivity index (χ1) is 8.20. The van der Waals surface area contributed by atoms with E-state index in [1.807, 2.05) is 6.07 Å². The lowest BCUT2D eigenvalue weighted by molar-refractivity contribution is 0.205. The number of hydrogen-bond donors (Lipinski definition) is 1. The Labute approximate surface area is 107 Å². The molecule has 0 bridgehead atoms. The molecule has 0 amide bonds. The van der Waals surface area contributed by atoms with E-state index < -0.39 is 0 Å². The zero-order valence-corrected chi connectivity index (χ0v) is 10.8. The van der Waals surface area contributed by atoms with Gasteiger partial charge in [-0.25, -0.2) is 0 Å². The first kappa shape index (κ1) is 12.6. The van der Waals surface area contributed by atoms with E-state index in [4.69, 9.17) is 16.7 Å². The second-order valence-electron chi connectivity index (χ2n) is 4.70. The van der Waals surface area contributed by atoms with Gasteiger partial charge in [0.1, 0.15) is 0 Å². The molecule has 1 aromatic rings. The minimum atomic E-state index is 0.287. The SMILES string of the molecule is C[C@@H]1CN(c2ccc(Cl)nn2)CC[C@@H]1CCO. The molecule has 0 saturated carbocycles. The Hall–Kier alpha value is -0.870. The van der Waals surface area contributed by atoms with Gasteiger partial charge in [-0.1, -0.05) is 18.5 Å². The number of aliphatic hydroxyl groups is 1. The van der Waals surface area contributed by atoms with Crippen molar-refractivity contribution < 1.29 is 5.11 Å². The molecule has 94 valence electrons. The quantitative estimate of drug-likeness (QED) is 0.897. The molecule has 0 unspecified atom stereocenters. The van der Waals surface area contributed by atoms with Gasteiger partial charge in [0.25, 0.3) is 0 Å². The first-order valence-corrected chi connectivity index (χ1v) is 6.43. The third kappa shape index (κ3) is 3.07. The van der Waals surface area contributed by atoms with Crippen LogP contribution in [0.5, 0.6) is 0 Å². The van der Waals surface area contributed by atoms with Crippen LogP contribution < -0.4 is 4.90 Å². The summed E-state index contributed by atoms with van der Waals surface area (Å²) in [6, 6.07) is 3.68. The molecule has 1 aliphatic rings. The molecule has 1 fully saturated rings. The Morgan fingerprint density at radius 2 is 2.29 bits per heavy atom. The average molecular weight is 256 g/mol. The zero-order valence-electron chi connectivity index (χ0n) is 10.0. The molecule has 0 radical (unpaired) electrons. The summed E-state index contributed by atoms with van der Waals surface area (Å²) in [5, 5.41) is 17.4. The lowest BCUT2D eigenvalue weighted by atomic mass is 9.85.